The highest BCUT2D eigenvalue weighted by Gasteiger charge is 2.19. The van der Waals surface area contributed by atoms with Crippen molar-refractivity contribution in [3.63, 3.8) is 0 Å². The van der Waals surface area contributed by atoms with Crippen molar-refractivity contribution in [2.24, 2.45) is 4.99 Å². The Kier molecular flexibility index (Phi) is 8.40. The summed E-state index contributed by atoms with van der Waals surface area (Å²) in [5, 5.41) is 0. The summed E-state index contributed by atoms with van der Waals surface area (Å²) in [5.74, 6) is -0.885. The maximum absolute atomic E-state index is 14.5. The molecule has 0 saturated heterocycles. The number of methoxy groups -OCH3 is 1. The number of nitrogens with zero attached hydrogens (tertiary/aromatic N) is 2. The predicted molar refractivity (Wildman–Crippen MR) is 121 cm³/mol. The molecule has 0 aliphatic carbocycles. The molecule has 0 fully saturated rings. The quantitative estimate of drug-likeness (QED) is 0.425. The standard InChI is InChI=1S/C23H26F2N2O5S/c1-5-30-17-10-14(11-18(31-6-2)21(17)32-7-3)22(28)26-23-27(8-9-29-4)20-16(25)12-15(24)13-19(20)33-23/h10-13H,5-9H2,1-4H3. The van der Waals surface area contributed by atoms with Gasteiger partial charge in [-0.2, -0.15) is 4.99 Å². The van der Waals surface area contributed by atoms with Crippen LogP contribution in [-0.2, 0) is 11.3 Å². The van der Waals surface area contributed by atoms with E-state index < -0.39 is 17.5 Å². The molecule has 0 aliphatic rings. The van der Waals surface area contributed by atoms with Crippen LogP contribution in [0.4, 0.5) is 8.78 Å². The number of ether oxygens (including phenoxy) is 4. The van der Waals surface area contributed by atoms with E-state index in [9.17, 15) is 13.6 Å². The van der Waals surface area contributed by atoms with Crippen LogP contribution in [0.5, 0.6) is 17.2 Å². The van der Waals surface area contributed by atoms with Gasteiger partial charge in [-0.3, -0.25) is 4.79 Å². The highest BCUT2D eigenvalue weighted by atomic mass is 32.1. The van der Waals surface area contributed by atoms with Gasteiger partial charge in [-0.25, -0.2) is 8.78 Å². The monoisotopic (exact) mass is 480 g/mol. The molecule has 178 valence electrons. The number of hydrogen-bond donors (Lipinski definition) is 0. The summed E-state index contributed by atoms with van der Waals surface area (Å²) < 4.78 is 52.2. The van der Waals surface area contributed by atoms with Crippen molar-refractivity contribution < 1.29 is 32.5 Å². The molecule has 0 unspecified atom stereocenters. The number of hydrogen-bond acceptors (Lipinski definition) is 6. The van der Waals surface area contributed by atoms with Gasteiger partial charge >= 0.3 is 0 Å². The van der Waals surface area contributed by atoms with E-state index in [1.165, 1.54) is 29.9 Å². The first-order valence-corrected chi connectivity index (χ1v) is 11.4. The van der Waals surface area contributed by atoms with Crippen LogP contribution in [0.3, 0.4) is 0 Å². The lowest BCUT2D eigenvalue weighted by atomic mass is 10.1. The Morgan fingerprint density at radius 1 is 1.00 bits per heavy atom. The first kappa shape index (κ1) is 24.7. The summed E-state index contributed by atoms with van der Waals surface area (Å²) in [7, 11) is 1.51. The summed E-state index contributed by atoms with van der Waals surface area (Å²) >= 11 is 1.02. The second kappa shape index (κ2) is 11.2. The Bertz CT molecular complexity index is 1180. The number of amides is 1. The summed E-state index contributed by atoms with van der Waals surface area (Å²) in [6, 6.07) is 5.10. The van der Waals surface area contributed by atoms with Crippen LogP contribution in [0.25, 0.3) is 10.2 Å². The third-order valence-electron chi connectivity index (χ3n) is 4.57. The van der Waals surface area contributed by atoms with Crippen LogP contribution in [0, 0.1) is 11.6 Å². The molecule has 0 atom stereocenters. The van der Waals surface area contributed by atoms with Gasteiger partial charge in [-0.15, -0.1) is 0 Å². The number of carbonyl (C=O) groups is 1. The lowest BCUT2D eigenvalue weighted by Crippen LogP contribution is -2.20. The number of rotatable bonds is 10. The summed E-state index contributed by atoms with van der Waals surface area (Å²) in [5.41, 5.74) is 0.384. The van der Waals surface area contributed by atoms with Crippen LogP contribution in [0.1, 0.15) is 31.1 Å². The first-order chi connectivity index (χ1) is 15.9. The Morgan fingerprint density at radius 2 is 1.64 bits per heavy atom. The van der Waals surface area contributed by atoms with E-state index >= 15 is 0 Å². The molecule has 3 aromatic rings. The molecule has 2 aromatic carbocycles. The zero-order chi connectivity index (χ0) is 24.0. The third kappa shape index (κ3) is 5.51. The van der Waals surface area contributed by atoms with E-state index in [0.717, 1.165) is 17.4 Å². The predicted octanol–water partition coefficient (Wildman–Crippen LogP) is 4.56. The van der Waals surface area contributed by atoms with E-state index in [0.29, 0.717) is 41.8 Å². The summed E-state index contributed by atoms with van der Waals surface area (Å²) in [4.78, 5) is 17.6. The lowest BCUT2D eigenvalue weighted by Gasteiger charge is -2.16. The van der Waals surface area contributed by atoms with Crippen LogP contribution >= 0.6 is 11.3 Å². The Hall–Kier alpha value is -2.98. The molecule has 0 bridgehead atoms. The second-order valence-corrected chi connectivity index (χ2v) is 7.79. The van der Waals surface area contributed by atoms with Crippen molar-refractivity contribution in [3.8, 4) is 17.2 Å². The average Bonchev–Trinajstić information content (AvgIpc) is 3.11. The Labute approximate surface area is 194 Å². The van der Waals surface area contributed by atoms with E-state index in [1.807, 2.05) is 20.8 Å². The van der Waals surface area contributed by atoms with Crippen molar-refractivity contribution in [1.29, 1.82) is 0 Å². The zero-order valence-electron chi connectivity index (χ0n) is 18.9. The average molecular weight is 481 g/mol. The number of halogens is 2. The van der Waals surface area contributed by atoms with Gasteiger partial charge in [0.2, 0.25) is 5.75 Å². The molecule has 7 nitrogen and oxygen atoms in total. The van der Waals surface area contributed by atoms with Gasteiger partial charge in [0.25, 0.3) is 5.91 Å². The van der Waals surface area contributed by atoms with Crippen LogP contribution < -0.4 is 19.0 Å². The number of aromatic nitrogens is 1. The number of benzene rings is 2. The Balaban J connectivity index is 2.15. The molecule has 0 N–H and O–H groups in total. The number of carbonyl (C=O) groups excluding carboxylic acids is 1. The van der Waals surface area contributed by atoms with Crippen molar-refractivity contribution in [3.05, 3.63) is 46.3 Å². The number of fused-ring (bicyclic) bond motifs is 1. The number of thiazole rings is 1. The van der Waals surface area contributed by atoms with Crippen LogP contribution in [0.2, 0.25) is 0 Å². The lowest BCUT2D eigenvalue weighted by molar-refractivity contribution is 0.0996. The van der Waals surface area contributed by atoms with Gasteiger partial charge in [0.05, 0.1) is 36.6 Å². The van der Waals surface area contributed by atoms with Crippen LogP contribution in [-0.4, -0.2) is 44.0 Å². The topological polar surface area (TPSA) is 71.3 Å². The molecule has 0 radical (unpaired) electrons. The molecular weight excluding hydrogens is 454 g/mol. The molecule has 1 amide bonds. The molecule has 3 rings (SSSR count). The van der Waals surface area contributed by atoms with Crippen LogP contribution in [0.15, 0.2) is 29.3 Å². The van der Waals surface area contributed by atoms with Gasteiger partial charge in [-0.1, -0.05) is 11.3 Å². The normalized spacial score (nSPS) is 11.8. The van der Waals surface area contributed by atoms with Gasteiger partial charge in [0, 0.05) is 25.3 Å². The van der Waals surface area contributed by atoms with Crippen molar-refractivity contribution in [2.45, 2.75) is 27.3 Å². The van der Waals surface area contributed by atoms with Gasteiger partial charge < -0.3 is 23.5 Å². The van der Waals surface area contributed by atoms with E-state index in [1.54, 1.807) is 0 Å². The van der Waals surface area contributed by atoms with Gasteiger partial charge in [0.1, 0.15) is 5.82 Å². The molecule has 0 spiro atoms. The molecule has 0 aliphatic heterocycles. The van der Waals surface area contributed by atoms with Crippen molar-refractivity contribution in [2.75, 3.05) is 33.5 Å². The summed E-state index contributed by atoms with van der Waals surface area (Å²) in [6.45, 7) is 7.08. The van der Waals surface area contributed by atoms with E-state index in [2.05, 4.69) is 4.99 Å². The molecule has 10 heteroatoms. The Morgan fingerprint density at radius 3 is 2.21 bits per heavy atom. The smallest absolute Gasteiger partial charge is 0.279 e. The maximum Gasteiger partial charge on any atom is 0.279 e. The molecular formula is C23H26F2N2O5S. The van der Waals surface area contributed by atoms with Crippen molar-refractivity contribution >= 4 is 27.5 Å². The third-order valence-corrected chi connectivity index (χ3v) is 5.59. The summed E-state index contributed by atoms with van der Waals surface area (Å²) in [6.07, 6.45) is 0. The minimum Gasteiger partial charge on any atom is -0.490 e. The fourth-order valence-corrected chi connectivity index (χ4v) is 4.36. The molecule has 1 aromatic heterocycles. The largest absolute Gasteiger partial charge is 0.490 e. The van der Waals surface area contributed by atoms with Crippen molar-refractivity contribution in [1.82, 2.24) is 4.57 Å². The van der Waals surface area contributed by atoms with Gasteiger partial charge in [-0.05, 0) is 39.0 Å². The molecule has 33 heavy (non-hydrogen) atoms. The first-order valence-electron chi connectivity index (χ1n) is 10.6. The second-order valence-electron chi connectivity index (χ2n) is 6.78. The highest BCUT2D eigenvalue weighted by molar-refractivity contribution is 7.16. The van der Waals surface area contributed by atoms with Gasteiger partial charge in [0.15, 0.2) is 22.1 Å². The van der Waals surface area contributed by atoms with E-state index in [4.69, 9.17) is 18.9 Å². The fourth-order valence-electron chi connectivity index (χ4n) is 3.27. The van der Waals surface area contributed by atoms with E-state index in [-0.39, 0.29) is 29.0 Å². The fraction of sp³-hybridized carbons (Fsp3) is 0.391. The molecule has 0 saturated carbocycles. The minimum atomic E-state index is -0.732. The minimum absolute atomic E-state index is 0.168. The zero-order valence-corrected chi connectivity index (χ0v) is 19.8. The highest BCUT2D eigenvalue weighted by Crippen LogP contribution is 2.39. The molecule has 1 heterocycles. The SMILES string of the molecule is CCOc1cc(C(=O)N=c2sc3cc(F)cc(F)c3n2CCOC)cc(OCC)c1OCC. The maximum atomic E-state index is 14.5.